The van der Waals surface area contributed by atoms with E-state index in [0.717, 1.165) is 84.5 Å². The number of benzene rings is 1. The van der Waals surface area contributed by atoms with Gasteiger partial charge >= 0.3 is 0 Å². The van der Waals surface area contributed by atoms with Gasteiger partial charge in [0, 0.05) is 51.0 Å². The van der Waals surface area contributed by atoms with Crippen molar-refractivity contribution in [2.75, 3.05) is 51.8 Å². The maximum Gasteiger partial charge on any atom is 0.271 e. The van der Waals surface area contributed by atoms with Gasteiger partial charge in [0.05, 0.1) is 26.0 Å². The van der Waals surface area contributed by atoms with Gasteiger partial charge in [-0.05, 0) is 97.6 Å². The van der Waals surface area contributed by atoms with Crippen LogP contribution in [0.5, 0.6) is 17.2 Å². The molecule has 5 aliphatic rings. The number of nitrogens with zero attached hydrogens (tertiary/aromatic N) is 5. The third-order valence-electron chi connectivity index (χ3n) is 10.4. The topological polar surface area (TPSA) is 113 Å². The van der Waals surface area contributed by atoms with E-state index in [2.05, 4.69) is 30.3 Å². The van der Waals surface area contributed by atoms with Crippen LogP contribution in [-0.2, 0) is 6.54 Å². The van der Waals surface area contributed by atoms with Gasteiger partial charge in [-0.2, -0.15) is 0 Å². The van der Waals surface area contributed by atoms with Crippen LogP contribution in [-0.4, -0.2) is 78.0 Å². The summed E-state index contributed by atoms with van der Waals surface area (Å²) in [5, 5.41) is 21.9. The van der Waals surface area contributed by atoms with E-state index < -0.39 is 0 Å². The van der Waals surface area contributed by atoms with Gasteiger partial charge in [0.25, 0.3) is 5.91 Å². The van der Waals surface area contributed by atoms with Crippen LogP contribution in [0.25, 0.3) is 11.1 Å². The van der Waals surface area contributed by atoms with Crippen molar-refractivity contribution in [2.45, 2.75) is 45.1 Å². The average Bonchev–Trinajstić information content (AvgIpc) is 3.03. The van der Waals surface area contributed by atoms with E-state index in [-0.39, 0.29) is 11.7 Å². The van der Waals surface area contributed by atoms with Crippen LogP contribution >= 0.6 is 0 Å². The van der Waals surface area contributed by atoms with Gasteiger partial charge in [0.1, 0.15) is 17.2 Å². The molecular weight excluding hydrogens is 556 g/mol. The van der Waals surface area contributed by atoms with Crippen LogP contribution in [0.15, 0.2) is 42.7 Å². The summed E-state index contributed by atoms with van der Waals surface area (Å²) in [6.07, 6.45) is 11.2. The zero-order valence-corrected chi connectivity index (χ0v) is 25.7. The predicted molar refractivity (Wildman–Crippen MR) is 167 cm³/mol. The van der Waals surface area contributed by atoms with Crippen molar-refractivity contribution in [2.24, 2.45) is 23.2 Å². The Morgan fingerprint density at radius 2 is 1.57 bits per heavy atom. The van der Waals surface area contributed by atoms with Crippen molar-refractivity contribution in [1.29, 1.82) is 0 Å². The van der Waals surface area contributed by atoms with Crippen molar-refractivity contribution < 1.29 is 19.4 Å². The zero-order valence-electron chi connectivity index (χ0n) is 25.7. The molecule has 4 aliphatic carbocycles. The molecule has 4 saturated carbocycles. The number of nitrogens with one attached hydrogen (secondary N) is 1. The van der Waals surface area contributed by atoms with E-state index in [1.54, 1.807) is 26.5 Å². The number of aromatic nitrogens is 3. The third-order valence-corrected chi connectivity index (χ3v) is 10.4. The van der Waals surface area contributed by atoms with Crippen molar-refractivity contribution >= 4 is 11.7 Å². The van der Waals surface area contributed by atoms with E-state index in [1.807, 2.05) is 24.3 Å². The molecule has 0 unspecified atom stereocenters. The highest BCUT2D eigenvalue weighted by Crippen LogP contribution is 2.59. The maximum absolute atomic E-state index is 13.0. The summed E-state index contributed by atoms with van der Waals surface area (Å²) in [6.45, 7) is 4.70. The molecule has 5 fully saturated rings. The Morgan fingerprint density at radius 3 is 2.14 bits per heavy atom. The molecule has 0 radical (unpaired) electrons. The minimum atomic E-state index is -0.112. The molecule has 10 heteroatoms. The SMILES string of the molecule is COc1cc(-c2cncc(O)c2)cc(OC)c1CN1CCN(c2ccc(C(=O)NCC34CC5CC(CC(C5)C3)C4)nn2)CC1. The molecule has 2 aromatic heterocycles. The number of pyridine rings is 1. The number of carbonyl (C=O) groups excluding carboxylic acids is 1. The van der Waals surface area contributed by atoms with Gasteiger partial charge in [-0.25, -0.2) is 0 Å². The largest absolute Gasteiger partial charge is 0.506 e. The smallest absolute Gasteiger partial charge is 0.271 e. The number of anilines is 1. The number of aromatic hydroxyl groups is 1. The molecule has 4 bridgehead atoms. The highest BCUT2D eigenvalue weighted by molar-refractivity contribution is 5.92. The summed E-state index contributed by atoms with van der Waals surface area (Å²) in [5.41, 5.74) is 3.31. The second-order valence-corrected chi connectivity index (χ2v) is 13.4. The summed E-state index contributed by atoms with van der Waals surface area (Å²) >= 11 is 0. The number of ether oxygens (including phenoxy) is 2. The molecule has 1 aliphatic heterocycles. The predicted octanol–water partition coefficient (Wildman–Crippen LogP) is 4.53. The summed E-state index contributed by atoms with van der Waals surface area (Å²) in [5.74, 6) is 4.86. The number of carbonyl (C=O) groups is 1. The first-order valence-corrected chi connectivity index (χ1v) is 15.9. The lowest BCUT2D eigenvalue weighted by molar-refractivity contribution is -0.0503. The van der Waals surface area contributed by atoms with E-state index in [1.165, 1.54) is 44.7 Å². The molecule has 10 nitrogen and oxygen atoms in total. The van der Waals surface area contributed by atoms with Crippen molar-refractivity contribution in [3.8, 4) is 28.4 Å². The minimum Gasteiger partial charge on any atom is -0.506 e. The van der Waals surface area contributed by atoms with Crippen LogP contribution in [0.4, 0.5) is 5.82 Å². The third kappa shape index (κ3) is 5.79. The van der Waals surface area contributed by atoms with Gasteiger partial charge in [0.15, 0.2) is 11.5 Å². The van der Waals surface area contributed by atoms with Gasteiger partial charge in [-0.15, -0.1) is 10.2 Å². The van der Waals surface area contributed by atoms with Crippen LogP contribution in [0.1, 0.15) is 54.6 Å². The Balaban J connectivity index is 0.946. The van der Waals surface area contributed by atoms with E-state index >= 15 is 0 Å². The minimum absolute atomic E-state index is 0.109. The molecule has 0 atom stereocenters. The zero-order chi connectivity index (χ0) is 30.3. The van der Waals surface area contributed by atoms with Crippen molar-refractivity contribution in [3.63, 3.8) is 0 Å². The summed E-state index contributed by atoms with van der Waals surface area (Å²) in [4.78, 5) is 21.7. The number of rotatable bonds is 9. The number of methoxy groups -OCH3 is 2. The highest BCUT2D eigenvalue weighted by atomic mass is 16.5. The van der Waals surface area contributed by atoms with Crippen LogP contribution in [0, 0.1) is 23.2 Å². The fourth-order valence-electron chi connectivity index (χ4n) is 8.73. The molecule has 3 heterocycles. The van der Waals surface area contributed by atoms with Crippen molar-refractivity contribution in [1.82, 2.24) is 25.4 Å². The number of amides is 1. The second-order valence-electron chi connectivity index (χ2n) is 13.4. The molecule has 0 spiro atoms. The molecule has 44 heavy (non-hydrogen) atoms. The monoisotopic (exact) mass is 598 g/mol. The standard InChI is InChI=1S/C34H42N6O4/c1-43-30-13-25(26-12-27(41)19-35-18-26)14-31(44-2)28(30)20-39-5-7-40(8-6-39)32-4-3-29(37-38-32)33(42)36-21-34-15-22-9-23(16-34)11-24(10-22)17-34/h3-4,12-14,18-19,22-24,41H,5-11,15-17,20-21H2,1-2H3,(H,36,42). The first-order valence-electron chi connectivity index (χ1n) is 15.9. The molecule has 8 rings (SSSR count). The van der Waals surface area contributed by atoms with Crippen LogP contribution in [0.3, 0.4) is 0 Å². The number of hydrogen-bond donors (Lipinski definition) is 2. The Bertz CT molecular complexity index is 1440. The molecule has 3 aromatic rings. The number of hydrogen-bond acceptors (Lipinski definition) is 9. The Hall–Kier alpha value is -3.92. The Kier molecular flexibility index (Phi) is 7.78. The molecule has 1 aromatic carbocycles. The molecule has 1 saturated heterocycles. The Morgan fingerprint density at radius 1 is 0.909 bits per heavy atom. The van der Waals surface area contributed by atoms with E-state index in [4.69, 9.17) is 9.47 Å². The quantitative estimate of drug-likeness (QED) is 0.367. The first kappa shape index (κ1) is 28.8. The molecular formula is C34H42N6O4. The number of piperazine rings is 1. The lowest BCUT2D eigenvalue weighted by Crippen LogP contribution is -2.51. The highest BCUT2D eigenvalue weighted by Gasteiger charge is 2.50. The van der Waals surface area contributed by atoms with Gasteiger partial charge in [-0.3, -0.25) is 14.7 Å². The van der Waals surface area contributed by atoms with E-state index in [9.17, 15) is 9.90 Å². The summed E-state index contributed by atoms with van der Waals surface area (Å²) < 4.78 is 11.5. The van der Waals surface area contributed by atoms with Gasteiger partial charge in [-0.1, -0.05) is 0 Å². The molecule has 232 valence electrons. The van der Waals surface area contributed by atoms with Gasteiger partial charge in [0.2, 0.25) is 0 Å². The lowest BCUT2D eigenvalue weighted by atomic mass is 9.49. The normalized spacial score (nSPS) is 26.0. The summed E-state index contributed by atoms with van der Waals surface area (Å²) in [7, 11) is 3.32. The first-order chi connectivity index (χ1) is 21.4. The van der Waals surface area contributed by atoms with Crippen LogP contribution in [0.2, 0.25) is 0 Å². The van der Waals surface area contributed by atoms with Crippen LogP contribution < -0.4 is 19.7 Å². The van der Waals surface area contributed by atoms with E-state index in [0.29, 0.717) is 17.7 Å². The maximum atomic E-state index is 13.0. The lowest BCUT2D eigenvalue weighted by Gasteiger charge is -2.56. The fraction of sp³-hybridized carbons (Fsp3) is 0.529. The summed E-state index contributed by atoms with van der Waals surface area (Å²) in [6, 6.07) is 9.32. The van der Waals surface area contributed by atoms with Gasteiger partial charge < -0.3 is 24.8 Å². The average molecular weight is 599 g/mol. The molecule has 1 amide bonds. The molecule has 2 N–H and O–H groups in total. The fourth-order valence-corrected chi connectivity index (χ4v) is 8.73. The Labute approximate surface area is 258 Å². The second kappa shape index (κ2) is 11.9. The van der Waals surface area contributed by atoms with Crippen molar-refractivity contribution in [3.05, 3.63) is 54.0 Å².